The topological polar surface area (TPSA) is 115 Å². The summed E-state index contributed by atoms with van der Waals surface area (Å²) in [6, 6.07) is 8.78. The van der Waals surface area contributed by atoms with Gasteiger partial charge in [0.2, 0.25) is 0 Å². The van der Waals surface area contributed by atoms with E-state index in [0.717, 1.165) is 18.7 Å². The molecule has 0 bridgehead atoms. The fourth-order valence-corrected chi connectivity index (χ4v) is 3.13. The molecule has 1 aromatic heterocycles. The van der Waals surface area contributed by atoms with E-state index in [0.29, 0.717) is 12.2 Å². The minimum Gasteiger partial charge on any atom is -0.497 e. The standard InChI is InChI=1S/C16H20N2O.C4H4O4/c1-10(17)9-18-11(2)6-13-7-12-4-5-14(19-3)8-15(12)16(13)18;5-3(6)1-2-4(7)8/h4-6,8,10H,7,9,17H2,1-3H3;1-2H,(H,5,6)(H,7,8)/b;2-1+/t10-;/m0./s1. The molecule has 0 saturated carbocycles. The van der Waals surface area contributed by atoms with Crippen molar-refractivity contribution in [1.82, 2.24) is 4.57 Å². The third-order valence-electron chi connectivity index (χ3n) is 4.18. The van der Waals surface area contributed by atoms with E-state index >= 15 is 0 Å². The van der Waals surface area contributed by atoms with Crippen LogP contribution >= 0.6 is 0 Å². The number of carboxylic acids is 2. The van der Waals surface area contributed by atoms with Crippen molar-refractivity contribution in [1.29, 1.82) is 0 Å². The molecule has 7 nitrogen and oxygen atoms in total. The number of hydrogen-bond donors (Lipinski definition) is 3. The number of aryl methyl sites for hydroxylation is 1. The average Bonchev–Trinajstić information content (AvgIpc) is 3.08. The average molecular weight is 372 g/mol. The van der Waals surface area contributed by atoms with Gasteiger partial charge in [0.25, 0.3) is 0 Å². The Hall–Kier alpha value is -3.06. The SMILES string of the molecule is COc1ccc2c(c1)-c1c(cc(C)n1C[C@H](C)N)C2.O=C(O)/C=C/C(=O)O. The number of aromatic nitrogens is 1. The van der Waals surface area contributed by atoms with Crippen LogP contribution in [-0.2, 0) is 22.6 Å². The molecule has 0 amide bonds. The van der Waals surface area contributed by atoms with Gasteiger partial charge in [-0.15, -0.1) is 0 Å². The Bertz CT molecular complexity index is 865. The Balaban J connectivity index is 0.000000279. The van der Waals surface area contributed by atoms with E-state index in [1.165, 1.54) is 28.1 Å². The third kappa shape index (κ3) is 4.98. The summed E-state index contributed by atoms with van der Waals surface area (Å²) in [4.78, 5) is 19.1. The number of aliphatic carboxylic acids is 2. The molecule has 0 unspecified atom stereocenters. The van der Waals surface area contributed by atoms with Gasteiger partial charge in [-0.05, 0) is 43.2 Å². The van der Waals surface area contributed by atoms with Gasteiger partial charge in [0.15, 0.2) is 0 Å². The number of hydrogen-bond acceptors (Lipinski definition) is 4. The first-order chi connectivity index (χ1) is 12.7. The second-order valence-electron chi connectivity index (χ2n) is 6.46. The minimum absolute atomic E-state index is 0.157. The molecule has 1 atom stereocenters. The quantitative estimate of drug-likeness (QED) is 0.593. The van der Waals surface area contributed by atoms with E-state index in [2.05, 4.69) is 29.7 Å². The highest BCUT2D eigenvalue weighted by Crippen LogP contribution is 2.40. The summed E-state index contributed by atoms with van der Waals surface area (Å²) in [5, 5.41) is 15.6. The maximum atomic E-state index is 9.55. The van der Waals surface area contributed by atoms with Crippen LogP contribution in [0.5, 0.6) is 5.75 Å². The first kappa shape index (κ1) is 20.3. The number of carbonyl (C=O) groups is 2. The maximum absolute atomic E-state index is 9.55. The second kappa shape index (κ2) is 8.55. The third-order valence-corrected chi connectivity index (χ3v) is 4.18. The van der Waals surface area contributed by atoms with Gasteiger partial charge in [0.05, 0.1) is 12.8 Å². The van der Waals surface area contributed by atoms with E-state index in [4.69, 9.17) is 20.7 Å². The lowest BCUT2D eigenvalue weighted by Gasteiger charge is -2.14. The van der Waals surface area contributed by atoms with Gasteiger partial charge in [-0.25, -0.2) is 9.59 Å². The van der Waals surface area contributed by atoms with Crippen LogP contribution in [0.4, 0.5) is 0 Å². The number of nitrogens with zero attached hydrogens (tertiary/aromatic N) is 1. The van der Waals surface area contributed by atoms with E-state index in [1.54, 1.807) is 7.11 Å². The monoisotopic (exact) mass is 372 g/mol. The molecule has 0 spiro atoms. The van der Waals surface area contributed by atoms with Crippen LogP contribution < -0.4 is 10.5 Å². The van der Waals surface area contributed by atoms with Gasteiger partial charge in [-0.2, -0.15) is 0 Å². The van der Waals surface area contributed by atoms with Gasteiger partial charge in [-0.1, -0.05) is 6.07 Å². The van der Waals surface area contributed by atoms with Gasteiger partial charge in [0, 0.05) is 42.4 Å². The first-order valence-corrected chi connectivity index (χ1v) is 8.48. The summed E-state index contributed by atoms with van der Waals surface area (Å²) in [6.07, 6.45) is 2.13. The lowest BCUT2D eigenvalue weighted by Crippen LogP contribution is -2.23. The summed E-state index contributed by atoms with van der Waals surface area (Å²) in [5.74, 6) is -1.60. The molecule has 0 radical (unpaired) electrons. The lowest BCUT2D eigenvalue weighted by molar-refractivity contribution is -0.134. The molecule has 3 rings (SSSR count). The van der Waals surface area contributed by atoms with Crippen molar-refractivity contribution >= 4 is 11.9 Å². The molecule has 27 heavy (non-hydrogen) atoms. The zero-order valence-corrected chi connectivity index (χ0v) is 15.6. The molecule has 1 aliphatic carbocycles. The van der Waals surface area contributed by atoms with Crippen LogP contribution in [0.3, 0.4) is 0 Å². The maximum Gasteiger partial charge on any atom is 0.328 e. The second-order valence-corrected chi connectivity index (χ2v) is 6.46. The van der Waals surface area contributed by atoms with E-state index in [-0.39, 0.29) is 6.04 Å². The predicted molar refractivity (Wildman–Crippen MR) is 102 cm³/mol. The van der Waals surface area contributed by atoms with Crippen LogP contribution in [-0.4, -0.2) is 39.9 Å². The van der Waals surface area contributed by atoms with Crippen molar-refractivity contribution in [3.63, 3.8) is 0 Å². The Kier molecular flexibility index (Phi) is 6.41. The molecule has 7 heteroatoms. The Morgan fingerprint density at radius 1 is 1.22 bits per heavy atom. The molecule has 0 saturated heterocycles. The Morgan fingerprint density at radius 2 is 1.85 bits per heavy atom. The van der Waals surface area contributed by atoms with Crippen LogP contribution in [0.2, 0.25) is 0 Å². The van der Waals surface area contributed by atoms with Gasteiger partial charge >= 0.3 is 11.9 Å². The molecule has 1 aliphatic rings. The lowest BCUT2D eigenvalue weighted by atomic mass is 10.1. The van der Waals surface area contributed by atoms with Crippen LogP contribution in [0.1, 0.15) is 23.7 Å². The number of benzene rings is 1. The number of fused-ring (bicyclic) bond motifs is 3. The molecule has 144 valence electrons. The first-order valence-electron chi connectivity index (χ1n) is 8.48. The smallest absolute Gasteiger partial charge is 0.328 e. The van der Waals surface area contributed by atoms with Gasteiger partial charge in [-0.3, -0.25) is 0 Å². The van der Waals surface area contributed by atoms with Crippen molar-refractivity contribution < 1.29 is 24.5 Å². The summed E-state index contributed by atoms with van der Waals surface area (Å²) in [5.41, 5.74) is 12.7. The fourth-order valence-electron chi connectivity index (χ4n) is 3.13. The highest BCUT2D eigenvalue weighted by molar-refractivity contribution is 5.89. The van der Waals surface area contributed by atoms with Crippen molar-refractivity contribution in [3.05, 3.63) is 53.2 Å². The minimum atomic E-state index is -1.26. The van der Waals surface area contributed by atoms with E-state index in [1.807, 2.05) is 13.0 Å². The van der Waals surface area contributed by atoms with Crippen molar-refractivity contribution in [3.8, 4) is 17.0 Å². The summed E-state index contributed by atoms with van der Waals surface area (Å²) in [6.45, 7) is 5.06. The van der Waals surface area contributed by atoms with Gasteiger partial charge < -0.3 is 25.3 Å². The summed E-state index contributed by atoms with van der Waals surface area (Å²) in [7, 11) is 1.71. The Morgan fingerprint density at radius 3 is 2.37 bits per heavy atom. The number of nitrogens with two attached hydrogens (primary N) is 1. The van der Waals surface area contributed by atoms with Gasteiger partial charge in [0.1, 0.15) is 5.75 Å². The molecule has 2 aromatic rings. The molecule has 1 aromatic carbocycles. The molecule has 0 fully saturated rings. The Labute approximate surface area is 157 Å². The fraction of sp³-hybridized carbons (Fsp3) is 0.300. The van der Waals surface area contributed by atoms with Crippen LogP contribution in [0, 0.1) is 6.92 Å². The molecule has 4 N–H and O–H groups in total. The number of rotatable bonds is 5. The number of carboxylic acid groups (broad SMARTS) is 2. The highest BCUT2D eigenvalue weighted by atomic mass is 16.5. The molecule has 1 heterocycles. The normalized spacial score (nSPS) is 12.7. The van der Waals surface area contributed by atoms with E-state index < -0.39 is 11.9 Å². The zero-order chi connectivity index (χ0) is 20.1. The molecular weight excluding hydrogens is 348 g/mol. The molecular formula is C20H24N2O5. The summed E-state index contributed by atoms with van der Waals surface area (Å²) >= 11 is 0. The van der Waals surface area contributed by atoms with Crippen molar-refractivity contribution in [2.75, 3.05) is 7.11 Å². The van der Waals surface area contributed by atoms with Crippen LogP contribution in [0.25, 0.3) is 11.3 Å². The largest absolute Gasteiger partial charge is 0.497 e. The number of methoxy groups -OCH3 is 1. The van der Waals surface area contributed by atoms with Crippen molar-refractivity contribution in [2.45, 2.75) is 32.9 Å². The number of ether oxygens (including phenoxy) is 1. The predicted octanol–water partition coefficient (Wildman–Crippen LogP) is 2.44. The highest BCUT2D eigenvalue weighted by Gasteiger charge is 2.24. The molecule has 0 aliphatic heterocycles. The van der Waals surface area contributed by atoms with Crippen molar-refractivity contribution in [2.24, 2.45) is 5.73 Å². The van der Waals surface area contributed by atoms with Crippen LogP contribution in [0.15, 0.2) is 36.4 Å². The zero-order valence-electron chi connectivity index (χ0n) is 15.6. The summed E-state index contributed by atoms with van der Waals surface area (Å²) < 4.78 is 7.69. The van der Waals surface area contributed by atoms with E-state index in [9.17, 15) is 9.59 Å².